The quantitative estimate of drug-likeness (QED) is 0.778. The first-order valence-electron chi connectivity index (χ1n) is 6.09. The predicted molar refractivity (Wildman–Crippen MR) is 81.5 cm³/mol. The van der Waals surface area contributed by atoms with Crippen molar-refractivity contribution in [2.75, 3.05) is 18.1 Å². The van der Waals surface area contributed by atoms with Gasteiger partial charge in [-0.2, -0.15) is 0 Å². The largest absolute Gasteiger partial charge is 0.492 e. The first-order valence-corrected chi connectivity index (χ1v) is 8.32. The summed E-state index contributed by atoms with van der Waals surface area (Å²) in [5, 5.41) is 0. The van der Waals surface area contributed by atoms with Crippen molar-refractivity contribution in [3.63, 3.8) is 0 Å². The molecule has 0 atom stereocenters. The summed E-state index contributed by atoms with van der Waals surface area (Å²) in [7, 11) is -3.02. The normalized spacial score (nSPS) is 11.3. The highest BCUT2D eigenvalue weighted by Gasteiger charge is 2.10. The smallest absolute Gasteiger partial charge is 0.153 e. The highest BCUT2D eigenvalue weighted by molar-refractivity contribution is 7.91. The number of aryl methyl sites for hydroxylation is 1. The Kier molecular flexibility index (Phi) is 5.75. The molecule has 0 aliphatic heterocycles. The van der Waals surface area contributed by atoms with Crippen LogP contribution in [0, 0.1) is 6.92 Å². The van der Waals surface area contributed by atoms with Crippen molar-refractivity contribution in [3.05, 3.63) is 29.3 Å². The number of nitrogens with two attached hydrogens (primary N) is 1. The lowest BCUT2D eigenvalue weighted by Gasteiger charge is -2.10. The third-order valence-corrected chi connectivity index (χ3v) is 4.69. The molecule has 106 valence electrons. The molecular formula is C13H19NO3S2. The number of ether oxygens (including phenoxy) is 1. The molecule has 0 radical (unpaired) electrons. The van der Waals surface area contributed by atoms with Crippen molar-refractivity contribution in [1.29, 1.82) is 0 Å². The third kappa shape index (κ3) is 5.16. The summed E-state index contributed by atoms with van der Waals surface area (Å²) >= 11 is 4.90. The van der Waals surface area contributed by atoms with Gasteiger partial charge in [0.2, 0.25) is 0 Å². The highest BCUT2D eigenvalue weighted by atomic mass is 32.2. The van der Waals surface area contributed by atoms with E-state index in [2.05, 4.69) is 0 Å². The average molecular weight is 301 g/mol. The number of benzene rings is 1. The summed E-state index contributed by atoms with van der Waals surface area (Å²) in [6.45, 7) is 3.87. The lowest BCUT2D eigenvalue weighted by Crippen LogP contribution is -2.17. The molecule has 6 heteroatoms. The van der Waals surface area contributed by atoms with Crippen molar-refractivity contribution in [3.8, 4) is 5.75 Å². The topological polar surface area (TPSA) is 69.4 Å². The molecular weight excluding hydrogens is 282 g/mol. The molecule has 0 heterocycles. The zero-order valence-corrected chi connectivity index (χ0v) is 12.8. The van der Waals surface area contributed by atoms with Gasteiger partial charge >= 0.3 is 0 Å². The van der Waals surface area contributed by atoms with Gasteiger partial charge in [-0.15, -0.1) is 0 Å². The van der Waals surface area contributed by atoms with Crippen molar-refractivity contribution in [2.45, 2.75) is 20.3 Å². The number of rotatable bonds is 7. The Bertz CT molecular complexity index is 553. The summed E-state index contributed by atoms with van der Waals surface area (Å²) in [5.41, 5.74) is 7.19. The van der Waals surface area contributed by atoms with Gasteiger partial charge < -0.3 is 10.5 Å². The molecule has 0 aromatic heterocycles. The van der Waals surface area contributed by atoms with E-state index in [1.807, 2.05) is 26.0 Å². The van der Waals surface area contributed by atoms with Gasteiger partial charge in [-0.3, -0.25) is 0 Å². The van der Waals surface area contributed by atoms with Crippen LogP contribution in [0.15, 0.2) is 18.2 Å². The van der Waals surface area contributed by atoms with E-state index in [1.54, 1.807) is 6.07 Å². The molecule has 19 heavy (non-hydrogen) atoms. The zero-order chi connectivity index (χ0) is 14.5. The van der Waals surface area contributed by atoms with Crippen LogP contribution in [0.3, 0.4) is 0 Å². The Hall–Kier alpha value is -1.14. The summed E-state index contributed by atoms with van der Waals surface area (Å²) in [6.07, 6.45) is 0.623. The zero-order valence-electron chi connectivity index (χ0n) is 11.2. The maximum Gasteiger partial charge on any atom is 0.153 e. The van der Waals surface area contributed by atoms with Crippen LogP contribution in [0.4, 0.5) is 0 Å². The fraction of sp³-hybridized carbons (Fsp3) is 0.462. The van der Waals surface area contributed by atoms with Crippen LogP contribution in [0.2, 0.25) is 0 Å². The minimum absolute atomic E-state index is 0.0254. The van der Waals surface area contributed by atoms with Gasteiger partial charge in [-0.05, 0) is 25.0 Å². The Morgan fingerprint density at radius 3 is 2.63 bits per heavy atom. The first-order chi connectivity index (χ1) is 8.85. The molecule has 0 aliphatic carbocycles. The molecule has 0 amide bonds. The highest BCUT2D eigenvalue weighted by Crippen LogP contribution is 2.19. The average Bonchev–Trinajstić information content (AvgIpc) is 2.30. The summed E-state index contributed by atoms with van der Waals surface area (Å²) < 4.78 is 28.6. The van der Waals surface area contributed by atoms with Crippen molar-refractivity contribution >= 4 is 27.0 Å². The van der Waals surface area contributed by atoms with Gasteiger partial charge in [-0.1, -0.05) is 31.3 Å². The van der Waals surface area contributed by atoms with Crippen LogP contribution in [-0.2, 0) is 9.84 Å². The second-order valence-corrected chi connectivity index (χ2v) is 7.09. The van der Waals surface area contributed by atoms with Crippen LogP contribution in [-0.4, -0.2) is 31.5 Å². The standard InChI is InChI=1S/C13H19NO3S2/c1-3-7-19(15,16)8-6-17-12-9-11(13(14)18)5-4-10(12)2/h4-5,9H,3,6-8H2,1-2H3,(H2,14,18). The minimum atomic E-state index is -3.02. The van der Waals surface area contributed by atoms with Gasteiger partial charge in [0.25, 0.3) is 0 Å². The monoisotopic (exact) mass is 301 g/mol. The minimum Gasteiger partial charge on any atom is -0.492 e. The molecule has 1 aromatic carbocycles. The van der Waals surface area contributed by atoms with E-state index < -0.39 is 9.84 Å². The summed E-state index contributed by atoms with van der Waals surface area (Å²) in [4.78, 5) is 0.295. The van der Waals surface area contributed by atoms with E-state index in [0.717, 1.165) is 5.56 Å². The Morgan fingerprint density at radius 2 is 2.05 bits per heavy atom. The maximum atomic E-state index is 11.6. The lowest BCUT2D eigenvalue weighted by molar-refractivity contribution is 0.338. The second kappa shape index (κ2) is 6.86. The van der Waals surface area contributed by atoms with Crippen molar-refractivity contribution in [1.82, 2.24) is 0 Å². The maximum absolute atomic E-state index is 11.6. The molecule has 0 aliphatic rings. The fourth-order valence-electron chi connectivity index (χ4n) is 1.60. The SMILES string of the molecule is CCCS(=O)(=O)CCOc1cc(C(N)=S)ccc1C. The van der Waals surface area contributed by atoms with E-state index in [9.17, 15) is 8.42 Å². The Balaban J connectivity index is 2.68. The van der Waals surface area contributed by atoms with Crippen LogP contribution < -0.4 is 10.5 Å². The van der Waals surface area contributed by atoms with Gasteiger partial charge in [0, 0.05) is 5.56 Å². The second-order valence-electron chi connectivity index (χ2n) is 4.34. The molecule has 0 fully saturated rings. The molecule has 0 unspecified atom stereocenters. The van der Waals surface area contributed by atoms with Gasteiger partial charge in [0.05, 0.1) is 11.5 Å². The molecule has 0 saturated heterocycles. The molecule has 0 spiro atoms. The molecule has 1 rings (SSSR count). The summed E-state index contributed by atoms with van der Waals surface area (Å²) in [5.74, 6) is 0.844. The van der Waals surface area contributed by atoms with E-state index in [1.165, 1.54) is 0 Å². The van der Waals surface area contributed by atoms with Gasteiger partial charge in [0.15, 0.2) is 9.84 Å². The van der Waals surface area contributed by atoms with Crippen LogP contribution in [0.5, 0.6) is 5.75 Å². The van der Waals surface area contributed by atoms with Crippen molar-refractivity contribution < 1.29 is 13.2 Å². The predicted octanol–water partition coefficient (Wildman–Crippen LogP) is 1.83. The van der Waals surface area contributed by atoms with E-state index in [-0.39, 0.29) is 18.1 Å². The van der Waals surface area contributed by atoms with Gasteiger partial charge in [-0.25, -0.2) is 8.42 Å². The number of thiocarbonyl (C=S) groups is 1. The molecule has 0 saturated carbocycles. The Morgan fingerprint density at radius 1 is 1.37 bits per heavy atom. The number of hydrogen-bond acceptors (Lipinski definition) is 4. The third-order valence-electron chi connectivity index (χ3n) is 2.64. The Labute approximate surface area is 119 Å². The van der Waals surface area contributed by atoms with E-state index >= 15 is 0 Å². The number of hydrogen-bond donors (Lipinski definition) is 1. The van der Waals surface area contributed by atoms with Crippen molar-refractivity contribution in [2.24, 2.45) is 5.73 Å². The lowest BCUT2D eigenvalue weighted by atomic mass is 10.1. The molecule has 2 N–H and O–H groups in total. The fourth-order valence-corrected chi connectivity index (χ4v) is 2.89. The van der Waals surface area contributed by atoms with Gasteiger partial charge in [0.1, 0.15) is 17.3 Å². The van der Waals surface area contributed by atoms with Crippen LogP contribution >= 0.6 is 12.2 Å². The number of sulfone groups is 1. The first kappa shape index (κ1) is 15.9. The van der Waals surface area contributed by atoms with Crippen LogP contribution in [0.1, 0.15) is 24.5 Å². The molecule has 0 bridgehead atoms. The van der Waals surface area contributed by atoms with E-state index in [0.29, 0.717) is 22.7 Å². The summed E-state index contributed by atoms with van der Waals surface area (Å²) in [6, 6.07) is 5.41. The van der Waals surface area contributed by atoms with E-state index in [4.69, 9.17) is 22.7 Å². The molecule has 1 aromatic rings. The van der Waals surface area contributed by atoms with Crippen LogP contribution in [0.25, 0.3) is 0 Å². The molecule has 4 nitrogen and oxygen atoms in total.